The summed E-state index contributed by atoms with van der Waals surface area (Å²) >= 11 is 0. The van der Waals surface area contributed by atoms with E-state index in [0.717, 1.165) is 34.6 Å². The van der Waals surface area contributed by atoms with Crippen LogP contribution in [0, 0.1) is 0 Å². The Morgan fingerprint density at radius 3 is 2.30 bits per heavy atom. The summed E-state index contributed by atoms with van der Waals surface area (Å²) in [5.41, 5.74) is -1.50. The number of ether oxygens (including phenoxy) is 1. The van der Waals surface area contributed by atoms with Gasteiger partial charge in [0.25, 0.3) is 10.0 Å². The van der Waals surface area contributed by atoms with E-state index < -0.39 is 58.2 Å². The Labute approximate surface area is 205 Å². The van der Waals surface area contributed by atoms with Crippen molar-refractivity contribution in [2.24, 2.45) is 0 Å². The van der Waals surface area contributed by atoms with Gasteiger partial charge in [0, 0.05) is 11.1 Å². The first kappa shape index (κ1) is 26.5. The maximum absolute atomic E-state index is 13.7. The van der Waals surface area contributed by atoms with E-state index >= 15 is 0 Å². The highest BCUT2D eigenvalue weighted by Gasteiger charge is 2.37. The number of benzene rings is 2. The molecule has 0 radical (unpaired) electrons. The van der Waals surface area contributed by atoms with Gasteiger partial charge in [0.2, 0.25) is 0 Å². The Kier molecular flexibility index (Phi) is 6.73. The smallest absolute Gasteiger partial charge is 0.406 e. The predicted octanol–water partition coefficient (Wildman–Crippen LogP) is 4.48. The number of halogens is 6. The summed E-state index contributed by atoms with van der Waals surface area (Å²) in [5, 5.41) is 22.5. The van der Waals surface area contributed by atoms with Gasteiger partial charge in [0.15, 0.2) is 0 Å². The molecule has 0 saturated carbocycles. The summed E-state index contributed by atoms with van der Waals surface area (Å²) in [6.45, 7) is -1.37. The van der Waals surface area contributed by atoms with Gasteiger partial charge >= 0.3 is 12.5 Å². The molecule has 1 unspecified atom stereocenters. The number of aliphatic hydroxyl groups is 2. The van der Waals surface area contributed by atoms with Gasteiger partial charge in [-0.2, -0.15) is 13.2 Å². The average Bonchev–Trinajstić information content (AvgIpc) is 2.99. The van der Waals surface area contributed by atoms with Crippen molar-refractivity contribution in [2.45, 2.75) is 30.1 Å². The summed E-state index contributed by atoms with van der Waals surface area (Å²) < 4.78 is 109. The quantitative estimate of drug-likeness (QED) is 0.403. The number of alkyl halides is 6. The van der Waals surface area contributed by atoms with Gasteiger partial charge < -0.3 is 20.3 Å². The number of hydrogen-bond donors (Lipinski definition) is 3. The van der Waals surface area contributed by atoms with Crippen molar-refractivity contribution >= 4 is 27.2 Å². The average molecular weight is 549 g/mol. The highest BCUT2D eigenvalue weighted by Crippen LogP contribution is 2.43. The molecule has 8 nitrogen and oxygen atoms in total. The highest BCUT2D eigenvalue weighted by molar-refractivity contribution is 7.92. The molecule has 0 aliphatic carbocycles. The molecule has 1 atom stereocenters. The van der Waals surface area contributed by atoms with E-state index in [1.165, 1.54) is 18.2 Å². The Morgan fingerprint density at radius 2 is 1.70 bits per heavy atom. The molecule has 2 aromatic carbocycles. The fourth-order valence-corrected chi connectivity index (χ4v) is 5.18. The minimum atomic E-state index is -5.00. The lowest BCUT2D eigenvalue weighted by atomic mass is 10.1. The maximum Gasteiger partial charge on any atom is 0.573 e. The van der Waals surface area contributed by atoms with Crippen LogP contribution >= 0.6 is 0 Å². The molecule has 0 spiro atoms. The molecule has 0 fully saturated rings. The second-order valence-corrected chi connectivity index (χ2v) is 9.66. The van der Waals surface area contributed by atoms with Crippen molar-refractivity contribution in [2.75, 3.05) is 16.2 Å². The molecule has 0 saturated heterocycles. The van der Waals surface area contributed by atoms with Crippen molar-refractivity contribution < 1.29 is 49.7 Å². The number of aromatic nitrogens is 1. The van der Waals surface area contributed by atoms with E-state index in [4.69, 9.17) is 0 Å². The number of para-hydroxylation sites is 1. The molecule has 3 aromatic rings. The number of aliphatic hydroxyl groups excluding tert-OH is 2. The van der Waals surface area contributed by atoms with Crippen molar-refractivity contribution in [3.63, 3.8) is 0 Å². The Morgan fingerprint density at radius 1 is 1.03 bits per heavy atom. The van der Waals surface area contributed by atoms with E-state index in [0.29, 0.717) is 6.07 Å². The molecule has 3 N–H and O–H groups in total. The molecule has 0 amide bonds. The van der Waals surface area contributed by atoms with Crippen LogP contribution in [0.3, 0.4) is 0 Å². The van der Waals surface area contributed by atoms with Crippen LogP contribution in [-0.4, -0.2) is 36.6 Å². The number of nitrogens with zero attached hydrogens (tertiary/aromatic N) is 2. The van der Waals surface area contributed by atoms with Crippen LogP contribution in [-0.2, 0) is 22.7 Å². The van der Waals surface area contributed by atoms with Crippen LogP contribution in [0.5, 0.6) is 5.75 Å². The third kappa shape index (κ3) is 5.42. The van der Waals surface area contributed by atoms with Gasteiger partial charge in [0.05, 0.1) is 29.4 Å². The first-order valence-corrected chi connectivity index (χ1v) is 11.8. The monoisotopic (exact) mass is 549 g/mol. The van der Waals surface area contributed by atoms with Crippen molar-refractivity contribution in [1.82, 2.24) is 4.98 Å². The number of rotatable bonds is 5. The zero-order chi connectivity index (χ0) is 27.2. The molecular weight excluding hydrogens is 532 g/mol. The molecule has 37 heavy (non-hydrogen) atoms. The lowest BCUT2D eigenvalue weighted by Gasteiger charge is -2.28. The van der Waals surface area contributed by atoms with Gasteiger partial charge in [-0.25, -0.2) is 13.4 Å². The maximum atomic E-state index is 13.7. The third-order valence-corrected chi connectivity index (χ3v) is 7.09. The molecule has 198 valence electrons. The van der Waals surface area contributed by atoms with Crippen molar-refractivity contribution in [1.29, 1.82) is 0 Å². The first-order chi connectivity index (χ1) is 17.2. The summed E-state index contributed by atoms with van der Waals surface area (Å²) in [7, 11) is -4.59. The lowest BCUT2D eigenvalue weighted by molar-refractivity contribution is -0.274. The minimum absolute atomic E-state index is 0.0363. The largest absolute Gasteiger partial charge is 0.573 e. The van der Waals surface area contributed by atoms with Crippen LogP contribution in [0.1, 0.15) is 22.9 Å². The molecule has 0 bridgehead atoms. The Balaban J connectivity index is 1.87. The fraction of sp³-hybridized carbons (Fsp3) is 0.227. The number of anilines is 3. The van der Waals surface area contributed by atoms with Crippen LogP contribution in [0.15, 0.2) is 59.5 Å². The number of pyridine rings is 1. The van der Waals surface area contributed by atoms with E-state index in [9.17, 15) is 45.0 Å². The fourth-order valence-electron chi connectivity index (χ4n) is 3.70. The predicted molar refractivity (Wildman–Crippen MR) is 118 cm³/mol. The van der Waals surface area contributed by atoms with Crippen molar-refractivity contribution in [3.8, 4) is 5.75 Å². The van der Waals surface area contributed by atoms with Gasteiger partial charge in [-0.1, -0.05) is 18.2 Å². The van der Waals surface area contributed by atoms with E-state index in [1.54, 1.807) is 0 Å². The zero-order valence-electron chi connectivity index (χ0n) is 18.4. The Hall–Kier alpha value is -3.56. The van der Waals surface area contributed by atoms with Crippen LogP contribution < -0.4 is 14.4 Å². The standard InChI is InChI=1S/C22H17F6N3O5S/c23-21(24,25)18-9-4-12-10-31(37(34,35)14-7-5-13(6-8-14)36-22(26,27)28)19-15(17(33)11-32)2-1-3-16(19)29-20(12)30-18/h1-9,17,32-33H,10-11H2,(H,29,30). The Bertz CT molecular complexity index is 1410. The molecule has 15 heteroatoms. The summed E-state index contributed by atoms with van der Waals surface area (Å²) in [6, 6.07) is 9.05. The second-order valence-electron chi connectivity index (χ2n) is 7.80. The number of fused-ring (bicyclic) bond motifs is 2. The molecule has 1 aliphatic heterocycles. The summed E-state index contributed by atoms with van der Waals surface area (Å²) in [6.07, 6.45) is -11.4. The van der Waals surface area contributed by atoms with E-state index in [2.05, 4.69) is 15.0 Å². The molecule has 4 rings (SSSR count). The van der Waals surface area contributed by atoms with Gasteiger partial charge in [0.1, 0.15) is 23.4 Å². The molecular formula is C22H17F6N3O5S. The van der Waals surface area contributed by atoms with E-state index in [-0.39, 0.29) is 28.3 Å². The number of hydrogen-bond acceptors (Lipinski definition) is 7. The van der Waals surface area contributed by atoms with E-state index in [1.807, 2.05) is 0 Å². The molecule has 2 heterocycles. The minimum Gasteiger partial charge on any atom is -0.406 e. The van der Waals surface area contributed by atoms with Gasteiger partial charge in [-0.05, 0) is 36.4 Å². The van der Waals surface area contributed by atoms with Crippen LogP contribution in [0.25, 0.3) is 0 Å². The van der Waals surface area contributed by atoms with Gasteiger partial charge in [-0.3, -0.25) is 4.31 Å². The summed E-state index contributed by atoms with van der Waals surface area (Å²) in [4.78, 5) is 3.11. The normalized spacial score (nSPS) is 14.8. The van der Waals surface area contributed by atoms with Crippen LogP contribution in [0.4, 0.5) is 43.5 Å². The lowest BCUT2D eigenvalue weighted by Crippen LogP contribution is -2.31. The molecule has 1 aliphatic rings. The summed E-state index contributed by atoms with van der Waals surface area (Å²) in [5.74, 6) is -0.965. The molecule has 1 aromatic heterocycles. The number of nitrogens with one attached hydrogen (secondary N) is 1. The second kappa shape index (κ2) is 9.39. The highest BCUT2D eigenvalue weighted by atomic mass is 32.2. The zero-order valence-corrected chi connectivity index (χ0v) is 19.2. The van der Waals surface area contributed by atoms with Gasteiger partial charge in [-0.15, -0.1) is 13.2 Å². The first-order valence-electron chi connectivity index (χ1n) is 10.4. The topological polar surface area (TPSA) is 112 Å². The third-order valence-electron chi connectivity index (χ3n) is 5.33. The van der Waals surface area contributed by atoms with Crippen molar-refractivity contribution in [3.05, 3.63) is 71.4 Å². The SMILES string of the molecule is O=S(=O)(c1ccc(OC(F)(F)F)cc1)N1Cc2ccc(C(F)(F)F)nc2Nc2cccc(C(O)CO)c21. The number of sulfonamides is 1. The van der Waals surface area contributed by atoms with Crippen LogP contribution in [0.2, 0.25) is 0 Å².